The Morgan fingerprint density at radius 1 is 0.531 bits per heavy atom. The lowest BCUT2D eigenvalue weighted by Gasteiger charge is -2.33. The second-order valence-corrected chi connectivity index (χ2v) is 8.86. The van der Waals surface area contributed by atoms with Gasteiger partial charge in [-0.25, -0.2) is 0 Å². The topological polar surface area (TPSA) is 3.24 Å². The molecule has 1 aliphatic rings. The second kappa shape index (κ2) is 8.67. The summed E-state index contributed by atoms with van der Waals surface area (Å²) in [7, 11) is 0. The number of fused-ring (bicyclic) bond motifs is 3. The van der Waals surface area contributed by atoms with Gasteiger partial charge >= 0.3 is 0 Å². The van der Waals surface area contributed by atoms with Crippen molar-refractivity contribution in [3.8, 4) is 11.1 Å². The highest BCUT2D eigenvalue weighted by Crippen LogP contribution is 2.55. The molecule has 0 unspecified atom stereocenters. The molecule has 0 N–H and O–H groups in total. The summed E-state index contributed by atoms with van der Waals surface area (Å²) in [6.07, 6.45) is 4.73. The Hall–Kier alpha value is -3.32. The summed E-state index contributed by atoms with van der Waals surface area (Å²) in [5.41, 5.74) is 9.54. The van der Waals surface area contributed by atoms with Crippen LogP contribution in [-0.4, -0.2) is 0 Å². The maximum Gasteiger partial charge on any atom is 0.0465 e. The maximum atomic E-state index is 2.47. The molecule has 0 bridgehead atoms. The van der Waals surface area contributed by atoms with Gasteiger partial charge in [0.15, 0.2) is 0 Å². The number of nitrogens with zero attached hydrogens (tertiary/aromatic N) is 1. The summed E-state index contributed by atoms with van der Waals surface area (Å²) >= 11 is 0. The number of rotatable bonds is 7. The molecule has 4 aromatic rings. The van der Waals surface area contributed by atoms with E-state index in [1.165, 1.54) is 65.0 Å². The molecule has 1 heteroatoms. The number of hydrogen-bond acceptors (Lipinski definition) is 1. The molecule has 0 heterocycles. The molecule has 1 nitrogen and oxygen atoms in total. The summed E-state index contributed by atoms with van der Waals surface area (Å²) in [6.45, 7) is 4.64. The van der Waals surface area contributed by atoms with Crippen molar-refractivity contribution in [2.75, 3.05) is 4.90 Å². The molecule has 0 amide bonds. The van der Waals surface area contributed by atoms with Crippen molar-refractivity contribution >= 4 is 17.1 Å². The molecule has 0 atom stereocenters. The van der Waals surface area contributed by atoms with Crippen LogP contribution in [0.1, 0.15) is 50.7 Å². The zero-order valence-corrected chi connectivity index (χ0v) is 19.1. The van der Waals surface area contributed by atoms with Gasteiger partial charge in [0.2, 0.25) is 0 Å². The lowest BCUT2D eigenvalue weighted by molar-refractivity contribution is 0.436. The highest BCUT2D eigenvalue weighted by Gasteiger charge is 2.41. The van der Waals surface area contributed by atoms with Crippen LogP contribution >= 0.6 is 0 Å². The fourth-order valence-electron chi connectivity index (χ4n) is 5.70. The molecule has 0 aromatic heterocycles. The lowest BCUT2D eigenvalue weighted by atomic mass is 9.71. The van der Waals surface area contributed by atoms with Crippen molar-refractivity contribution in [1.82, 2.24) is 0 Å². The van der Waals surface area contributed by atoms with E-state index >= 15 is 0 Å². The highest BCUT2D eigenvalue weighted by atomic mass is 15.1. The molecule has 0 aliphatic heterocycles. The minimum absolute atomic E-state index is 0.102. The second-order valence-electron chi connectivity index (χ2n) is 8.86. The van der Waals surface area contributed by atoms with Crippen molar-refractivity contribution in [2.24, 2.45) is 0 Å². The number of hydrogen-bond donors (Lipinski definition) is 0. The third-order valence-corrected chi connectivity index (χ3v) is 6.89. The van der Waals surface area contributed by atoms with Crippen LogP contribution < -0.4 is 4.90 Å². The van der Waals surface area contributed by atoms with Crippen LogP contribution in [0.4, 0.5) is 17.1 Å². The fourth-order valence-corrected chi connectivity index (χ4v) is 5.70. The fraction of sp³-hybridized carbons (Fsp3) is 0.226. The molecular formula is C31H31N. The molecule has 32 heavy (non-hydrogen) atoms. The molecule has 1 aliphatic carbocycles. The number of para-hydroxylation sites is 2. The van der Waals surface area contributed by atoms with Gasteiger partial charge in [-0.05, 0) is 71.5 Å². The third-order valence-electron chi connectivity index (χ3n) is 6.89. The van der Waals surface area contributed by atoms with E-state index in [0.717, 1.165) is 0 Å². The van der Waals surface area contributed by atoms with E-state index < -0.39 is 0 Å². The average Bonchev–Trinajstić information content (AvgIpc) is 3.11. The van der Waals surface area contributed by atoms with E-state index in [9.17, 15) is 0 Å². The van der Waals surface area contributed by atoms with Gasteiger partial charge in [0.05, 0.1) is 0 Å². The molecule has 0 fully saturated rings. The zero-order chi connectivity index (χ0) is 22.0. The summed E-state index contributed by atoms with van der Waals surface area (Å²) in [5, 5.41) is 0. The van der Waals surface area contributed by atoms with Crippen molar-refractivity contribution in [3.05, 3.63) is 114 Å². The molecule has 160 valence electrons. The number of benzene rings is 4. The zero-order valence-electron chi connectivity index (χ0n) is 19.1. The summed E-state index contributed by atoms with van der Waals surface area (Å²) in [4.78, 5) is 2.38. The van der Waals surface area contributed by atoms with E-state index in [-0.39, 0.29) is 5.41 Å². The largest absolute Gasteiger partial charge is 0.310 e. The van der Waals surface area contributed by atoms with Gasteiger partial charge in [-0.15, -0.1) is 0 Å². The predicted octanol–water partition coefficient (Wildman–Crippen LogP) is 9.02. The Morgan fingerprint density at radius 3 is 1.66 bits per heavy atom. The van der Waals surface area contributed by atoms with Crippen LogP contribution in [0.2, 0.25) is 0 Å². The van der Waals surface area contributed by atoms with Gasteiger partial charge in [-0.2, -0.15) is 0 Å². The Balaban J connectivity index is 1.72. The molecule has 0 saturated heterocycles. The minimum Gasteiger partial charge on any atom is -0.310 e. The van der Waals surface area contributed by atoms with E-state index in [1.54, 1.807) is 0 Å². The van der Waals surface area contributed by atoms with Crippen molar-refractivity contribution in [3.63, 3.8) is 0 Å². The average molecular weight is 418 g/mol. The molecule has 5 rings (SSSR count). The lowest BCUT2D eigenvalue weighted by Crippen LogP contribution is -2.25. The Labute approximate surface area is 192 Å². The first-order chi connectivity index (χ1) is 15.8. The molecule has 0 radical (unpaired) electrons. The maximum absolute atomic E-state index is 2.47. The molecule has 0 saturated carbocycles. The van der Waals surface area contributed by atoms with E-state index in [2.05, 4.69) is 122 Å². The molecular weight excluding hydrogens is 386 g/mol. The van der Waals surface area contributed by atoms with Gasteiger partial charge in [0.1, 0.15) is 0 Å². The van der Waals surface area contributed by atoms with Crippen LogP contribution in [-0.2, 0) is 5.41 Å². The van der Waals surface area contributed by atoms with E-state index in [1.807, 2.05) is 0 Å². The minimum atomic E-state index is 0.102. The Kier molecular flexibility index (Phi) is 5.57. The molecule has 4 aromatic carbocycles. The van der Waals surface area contributed by atoms with Crippen molar-refractivity contribution in [2.45, 2.75) is 44.9 Å². The van der Waals surface area contributed by atoms with Gasteiger partial charge < -0.3 is 4.90 Å². The van der Waals surface area contributed by atoms with Gasteiger partial charge in [-0.3, -0.25) is 0 Å². The smallest absolute Gasteiger partial charge is 0.0465 e. The predicted molar refractivity (Wildman–Crippen MR) is 137 cm³/mol. The molecule has 0 spiro atoms. The van der Waals surface area contributed by atoms with Crippen molar-refractivity contribution < 1.29 is 0 Å². The highest BCUT2D eigenvalue weighted by molar-refractivity contribution is 5.85. The van der Waals surface area contributed by atoms with Gasteiger partial charge in [0, 0.05) is 22.5 Å². The quantitative estimate of drug-likeness (QED) is 0.290. The summed E-state index contributed by atoms with van der Waals surface area (Å²) < 4.78 is 0. The first-order valence-corrected chi connectivity index (χ1v) is 11.9. The SMILES string of the molecule is CCCC1(CCC)c2ccccc2-c2ccc(N(c3ccccc3)c3ccccc3)cc21. The first-order valence-electron chi connectivity index (χ1n) is 11.9. The van der Waals surface area contributed by atoms with Crippen LogP contribution in [0, 0.1) is 0 Å². The van der Waals surface area contributed by atoms with Gasteiger partial charge in [0.25, 0.3) is 0 Å². The van der Waals surface area contributed by atoms with Gasteiger partial charge in [-0.1, -0.05) is 93.4 Å². The normalized spacial score (nSPS) is 13.4. The van der Waals surface area contributed by atoms with E-state index in [4.69, 9.17) is 0 Å². The summed E-state index contributed by atoms with van der Waals surface area (Å²) in [6, 6.07) is 37.6. The Bertz CT molecular complexity index is 1150. The van der Waals surface area contributed by atoms with Crippen LogP contribution in [0.5, 0.6) is 0 Å². The number of anilines is 3. The summed E-state index contributed by atoms with van der Waals surface area (Å²) in [5.74, 6) is 0. The van der Waals surface area contributed by atoms with Crippen LogP contribution in [0.25, 0.3) is 11.1 Å². The van der Waals surface area contributed by atoms with Crippen molar-refractivity contribution in [1.29, 1.82) is 0 Å². The standard InChI is InChI=1S/C31H31N/c1-3-21-31(22-4-2)29-18-12-11-17-27(29)28-20-19-26(23-30(28)31)32(24-13-7-5-8-14-24)25-15-9-6-10-16-25/h5-20,23H,3-4,21-22H2,1-2H3. The first kappa shape index (κ1) is 20.6. The Morgan fingerprint density at radius 2 is 1.06 bits per heavy atom. The third kappa shape index (κ3) is 3.33. The monoisotopic (exact) mass is 417 g/mol. The van der Waals surface area contributed by atoms with Crippen LogP contribution in [0.15, 0.2) is 103 Å². The van der Waals surface area contributed by atoms with E-state index in [0.29, 0.717) is 0 Å². The van der Waals surface area contributed by atoms with Crippen LogP contribution in [0.3, 0.4) is 0 Å².